The zero-order valence-corrected chi connectivity index (χ0v) is 22.2. The first-order chi connectivity index (χ1) is 18.5. The average molecular weight is 513 g/mol. The largest absolute Gasteiger partial charge is 0.496 e. The first-order valence-electron chi connectivity index (χ1n) is 13.5. The van der Waals surface area contributed by atoms with Gasteiger partial charge in [0.1, 0.15) is 11.5 Å². The summed E-state index contributed by atoms with van der Waals surface area (Å²) in [5.41, 5.74) is 5.86. The van der Waals surface area contributed by atoms with Crippen LogP contribution in [0, 0.1) is 0 Å². The van der Waals surface area contributed by atoms with Crippen LogP contribution in [0.2, 0.25) is 0 Å². The fourth-order valence-corrected chi connectivity index (χ4v) is 5.32. The number of carboxylic acid groups (broad SMARTS) is 1. The number of rotatable bonds is 11. The monoisotopic (exact) mass is 512 g/mol. The normalized spacial score (nSPS) is 14.6. The Morgan fingerprint density at radius 2 is 1.74 bits per heavy atom. The van der Waals surface area contributed by atoms with Crippen LogP contribution in [-0.2, 0) is 17.9 Å². The van der Waals surface area contributed by atoms with Crippen molar-refractivity contribution in [2.24, 2.45) is 0 Å². The van der Waals surface area contributed by atoms with Gasteiger partial charge in [-0.2, -0.15) is 0 Å². The van der Waals surface area contributed by atoms with Crippen molar-refractivity contribution < 1.29 is 19.4 Å². The molecule has 6 heteroatoms. The Hall–Kier alpha value is -3.77. The number of aromatic nitrogens is 1. The van der Waals surface area contributed by atoms with Crippen molar-refractivity contribution in [3.63, 3.8) is 0 Å². The molecule has 0 spiro atoms. The molecule has 38 heavy (non-hydrogen) atoms. The molecule has 1 N–H and O–H groups in total. The van der Waals surface area contributed by atoms with Gasteiger partial charge in [-0.1, -0.05) is 30.3 Å². The summed E-state index contributed by atoms with van der Waals surface area (Å²) < 4.78 is 14.1. The van der Waals surface area contributed by atoms with Gasteiger partial charge in [-0.3, -0.25) is 9.69 Å². The van der Waals surface area contributed by atoms with Gasteiger partial charge in [-0.05, 0) is 92.9 Å². The highest BCUT2D eigenvalue weighted by Crippen LogP contribution is 2.32. The first kappa shape index (κ1) is 25.9. The molecule has 1 aromatic heterocycles. The van der Waals surface area contributed by atoms with Gasteiger partial charge in [0.05, 0.1) is 13.2 Å². The van der Waals surface area contributed by atoms with Gasteiger partial charge in [0.2, 0.25) is 0 Å². The summed E-state index contributed by atoms with van der Waals surface area (Å²) in [5.74, 6) is 0.890. The summed E-state index contributed by atoms with van der Waals surface area (Å²) in [7, 11) is 1.76. The van der Waals surface area contributed by atoms with Crippen molar-refractivity contribution in [2.45, 2.75) is 51.8 Å². The molecular formula is C32H36N2O4. The maximum Gasteiger partial charge on any atom is 0.303 e. The van der Waals surface area contributed by atoms with E-state index in [1.54, 1.807) is 7.11 Å². The van der Waals surface area contributed by atoms with Crippen LogP contribution in [0.3, 0.4) is 0 Å². The van der Waals surface area contributed by atoms with Crippen molar-refractivity contribution in [3.8, 4) is 22.8 Å². The third-order valence-corrected chi connectivity index (χ3v) is 7.35. The minimum atomic E-state index is -0.803. The standard InChI is InChI=1S/C32H36N2O4/c1-23(9-16-32(35)36)38-28-14-12-25(13-15-28)30-20-26-7-3-4-8-29(26)34(30)21-24-10-11-27(31(19-24)37-2)22-33-17-5-6-18-33/h3-4,7-8,10-15,19-20,23H,5-6,9,16-18,21-22H2,1-2H3,(H,35,36). The van der Waals surface area contributed by atoms with E-state index >= 15 is 0 Å². The van der Waals surface area contributed by atoms with Crippen LogP contribution in [0.25, 0.3) is 22.2 Å². The maximum absolute atomic E-state index is 10.8. The zero-order valence-electron chi connectivity index (χ0n) is 22.2. The van der Waals surface area contributed by atoms with Crippen LogP contribution in [0.5, 0.6) is 11.5 Å². The lowest BCUT2D eigenvalue weighted by atomic mass is 10.1. The van der Waals surface area contributed by atoms with Gasteiger partial charge in [0.25, 0.3) is 0 Å². The molecule has 0 saturated carbocycles. The van der Waals surface area contributed by atoms with Crippen LogP contribution in [-0.4, -0.2) is 46.8 Å². The Morgan fingerprint density at radius 3 is 2.47 bits per heavy atom. The molecule has 1 saturated heterocycles. The number of ether oxygens (including phenoxy) is 2. The van der Waals surface area contributed by atoms with E-state index in [1.165, 1.54) is 34.9 Å². The SMILES string of the molecule is COc1cc(Cn2c(-c3ccc(OC(C)CCC(=O)O)cc3)cc3ccccc32)ccc1CN1CCCC1. The van der Waals surface area contributed by atoms with Gasteiger partial charge >= 0.3 is 5.97 Å². The van der Waals surface area contributed by atoms with Crippen molar-refractivity contribution in [3.05, 3.63) is 83.9 Å². The third kappa shape index (κ3) is 6.03. The predicted molar refractivity (Wildman–Crippen MR) is 151 cm³/mol. The van der Waals surface area contributed by atoms with E-state index in [9.17, 15) is 4.79 Å². The van der Waals surface area contributed by atoms with Gasteiger partial charge in [-0.25, -0.2) is 0 Å². The fourth-order valence-electron chi connectivity index (χ4n) is 5.32. The van der Waals surface area contributed by atoms with Crippen molar-refractivity contribution >= 4 is 16.9 Å². The Morgan fingerprint density at radius 1 is 0.974 bits per heavy atom. The highest BCUT2D eigenvalue weighted by Gasteiger charge is 2.16. The minimum Gasteiger partial charge on any atom is -0.496 e. The highest BCUT2D eigenvalue weighted by molar-refractivity contribution is 5.87. The summed E-state index contributed by atoms with van der Waals surface area (Å²) in [6, 6.07) is 25.4. The molecule has 1 atom stereocenters. The van der Waals surface area contributed by atoms with Gasteiger partial charge < -0.3 is 19.1 Å². The number of methoxy groups -OCH3 is 1. The number of hydrogen-bond donors (Lipinski definition) is 1. The minimum absolute atomic E-state index is 0.101. The number of benzene rings is 3. The number of para-hydroxylation sites is 1. The predicted octanol–water partition coefficient (Wildman–Crippen LogP) is 6.59. The zero-order chi connectivity index (χ0) is 26.5. The van der Waals surface area contributed by atoms with E-state index in [2.05, 4.69) is 70.1 Å². The summed E-state index contributed by atoms with van der Waals surface area (Å²) >= 11 is 0. The Balaban J connectivity index is 1.40. The molecule has 1 fully saturated rings. The molecular weight excluding hydrogens is 476 g/mol. The molecule has 1 aliphatic rings. The number of fused-ring (bicyclic) bond motifs is 1. The van der Waals surface area contributed by atoms with Crippen LogP contribution in [0.4, 0.5) is 0 Å². The molecule has 0 aliphatic carbocycles. The molecule has 0 radical (unpaired) electrons. The highest BCUT2D eigenvalue weighted by atomic mass is 16.5. The number of nitrogens with zero attached hydrogens (tertiary/aromatic N) is 2. The lowest BCUT2D eigenvalue weighted by Gasteiger charge is -2.18. The van der Waals surface area contributed by atoms with Gasteiger partial charge in [-0.15, -0.1) is 0 Å². The molecule has 2 heterocycles. The number of likely N-dealkylation sites (tertiary alicyclic amines) is 1. The topological polar surface area (TPSA) is 63.9 Å². The molecule has 0 amide bonds. The lowest BCUT2D eigenvalue weighted by Crippen LogP contribution is -2.18. The van der Waals surface area contributed by atoms with Crippen LogP contribution in [0.1, 0.15) is 43.7 Å². The molecule has 6 nitrogen and oxygen atoms in total. The van der Waals surface area contributed by atoms with Gasteiger partial charge in [0, 0.05) is 41.7 Å². The molecule has 1 unspecified atom stereocenters. The summed E-state index contributed by atoms with van der Waals surface area (Å²) in [5, 5.41) is 10.1. The summed E-state index contributed by atoms with van der Waals surface area (Å²) in [6.07, 6.45) is 2.98. The second-order valence-corrected chi connectivity index (χ2v) is 10.2. The Kier molecular flexibility index (Phi) is 7.99. The van der Waals surface area contributed by atoms with E-state index in [1.807, 2.05) is 19.1 Å². The van der Waals surface area contributed by atoms with Gasteiger partial charge in [0.15, 0.2) is 0 Å². The Bertz CT molecular complexity index is 1390. The van der Waals surface area contributed by atoms with E-state index in [0.717, 1.165) is 48.9 Å². The molecule has 0 bridgehead atoms. The molecule has 198 valence electrons. The van der Waals surface area contributed by atoms with E-state index in [0.29, 0.717) is 6.42 Å². The van der Waals surface area contributed by atoms with E-state index in [-0.39, 0.29) is 12.5 Å². The fraction of sp³-hybridized carbons (Fsp3) is 0.344. The molecule has 4 aromatic rings. The number of carbonyl (C=O) groups is 1. The second kappa shape index (κ2) is 11.7. The van der Waals surface area contributed by atoms with Crippen molar-refractivity contribution in [1.29, 1.82) is 0 Å². The Labute approximate surface area is 224 Å². The third-order valence-electron chi connectivity index (χ3n) is 7.35. The van der Waals surface area contributed by atoms with Crippen molar-refractivity contribution in [1.82, 2.24) is 9.47 Å². The van der Waals surface area contributed by atoms with Crippen molar-refractivity contribution in [2.75, 3.05) is 20.2 Å². The summed E-state index contributed by atoms with van der Waals surface area (Å²) in [4.78, 5) is 13.3. The van der Waals surface area contributed by atoms with Crippen LogP contribution < -0.4 is 9.47 Å². The summed E-state index contributed by atoms with van der Waals surface area (Å²) in [6.45, 7) is 5.89. The average Bonchev–Trinajstić information content (AvgIpc) is 3.57. The molecule has 5 rings (SSSR count). The maximum atomic E-state index is 10.8. The van der Waals surface area contributed by atoms with Crippen LogP contribution >= 0.6 is 0 Å². The first-order valence-corrected chi connectivity index (χ1v) is 13.5. The number of aliphatic carboxylic acids is 1. The smallest absolute Gasteiger partial charge is 0.303 e. The number of carboxylic acids is 1. The lowest BCUT2D eigenvalue weighted by molar-refractivity contribution is -0.137. The number of hydrogen-bond acceptors (Lipinski definition) is 4. The second-order valence-electron chi connectivity index (χ2n) is 10.2. The van der Waals surface area contributed by atoms with E-state index < -0.39 is 5.97 Å². The van der Waals surface area contributed by atoms with E-state index in [4.69, 9.17) is 14.6 Å². The van der Waals surface area contributed by atoms with Crippen LogP contribution in [0.15, 0.2) is 72.8 Å². The molecule has 3 aromatic carbocycles. The quantitative estimate of drug-likeness (QED) is 0.246. The molecule has 1 aliphatic heterocycles.